The summed E-state index contributed by atoms with van der Waals surface area (Å²) in [5.41, 5.74) is -3.08. The molecule has 0 aliphatic heterocycles. The van der Waals surface area contributed by atoms with Crippen LogP contribution < -0.4 is 5.32 Å². The van der Waals surface area contributed by atoms with Crippen LogP contribution in [0.3, 0.4) is 0 Å². The van der Waals surface area contributed by atoms with Crippen molar-refractivity contribution < 1.29 is 54.8 Å². The minimum atomic E-state index is -4.06. The van der Waals surface area contributed by atoms with Crippen molar-refractivity contribution in [3.63, 3.8) is 0 Å². The number of rotatable bonds is 16. The van der Waals surface area contributed by atoms with Crippen LogP contribution in [0.5, 0.6) is 0 Å². The van der Waals surface area contributed by atoms with Gasteiger partial charge in [0.05, 0.1) is 18.3 Å². The van der Waals surface area contributed by atoms with E-state index in [1.165, 1.54) is 20.8 Å². The molecule has 0 fully saturated rings. The van der Waals surface area contributed by atoms with Crippen molar-refractivity contribution >= 4 is 44.2 Å². The first kappa shape index (κ1) is 31.7. The average Bonchev–Trinajstić information content (AvgIpc) is 2.66. The summed E-state index contributed by atoms with van der Waals surface area (Å²) in [6.07, 6.45) is 0.0785. The number of ether oxygens (including phenoxy) is 2. The van der Waals surface area contributed by atoms with Crippen LogP contribution in [0.15, 0.2) is 0 Å². The molecular formula is C17H33NO12P2S. The summed E-state index contributed by atoms with van der Waals surface area (Å²) in [7, 11) is -11.2. The van der Waals surface area contributed by atoms with Crippen LogP contribution >= 0.6 is 16.3 Å². The Labute approximate surface area is 194 Å². The minimum Gasteiger partial charge on any atom is -0.462 e. The van der Waals surface area contributed by atoms with Gasteiger partial charge in [0.1, 0.15) is 18.9 Å². The summed E-state index contributed by atoms with van der Waals surface area (Å²) in [4.78, 5) is 43.8. The lowest BCUT2D eigenvalue weighted by atomic mass is 9.90. The van der Waals surface area contributed by atoms with Gasteiger partial charge in [-0.2, -0.15) is 8.42 Å². The van der Waals surface area contributed by atoms with Crippen LogP contribution in [0.25, 0.3) is 0 Å². The monoisotopic (exact) mass is 537 g/mol. The molecule has 0 heterocycles. The first-order valence-electron chi connectivity index (χ1n) is 9.98. The Kier molecular flexibility index (Phi) is 14.3. The molecular weight excluding hydrogens is 504 g/mol. The summed E-state index contributed by atoms with van der Waals surface area (Å²) >= 11 is 0. The highest BCUT2D eigenvalue weighted by Gasteiger charge is 2.43. The number of esters is 2. The molecule has 0 aromatic carbocycles. The Morgan fingerprint density at radius 1 is 1.06 bits per heavy atom. The molecule has 2 N–H and O–H groups in total. The molecule has 3 atom stereocenters. The van der Waals surface area contributed by atoms with Gasteiger partial charge in [0.15, 0.2) is 0 Å². The minimum absolute atomic E-state index is 0.0785. The maximum atomic E-state index is 12.6. The predicted octanol–water partition coefficient (Wildman–Crippen LogP) is 0.869. The number of nitrogens with one attached hydrogen (secondary N) is 1. The highest BCUT2D eigenvalue weighted by atomic mass is 32.2. The fraction of sp³-hybridized carbons (Fsp3) is 0.824. The third-order valence-corrected chi connectivity index (χ3v) is 8.30. The largest absolute Gasteiger partial charge is 0.462 e. The molecule has 0 radical (unpaired) electrons. The first-order chi connectivity index (χ1) is 15.1. The van der Waals surface area contributed by atoms with Crippen LogP contribution in [0, 0.1) is 11.3 Å². The van der Waals surface area contributed by atoms with E-state index in [9.17, 15) is 31.9 Å². The van der Waals surface area contributed by atoms with Gasteiger partial charge in [0.25, 0.3) is 10.1 Å². The fourth-order valence-electron chi connectivity index (χ4n) is 2.31. The quantitative estimate of drug-likeness (QED) is 0.122. The molecule has 0 aliphatic rings. The maximum Gasteiger partial charge on any atom is 0.322 e. The molecule has 1 amide bonds. The summed E-state index contributed by atoms with van der Waals surface area (Å²) in [6.45, 7) is 6.07. The van der Waals surface area contributed by atoms with Crippen LogP contribution in [-0.4, -0.2) is 68.9 Å². The summed E-state index contributed by atoms with van der Waals surface area (Å²) < 4.78 is 66.9. The molecule has 0 rings (SSSR count). The van der Waals surface area contributed by atoms with E-state index >= 15 is 0 Å². The molecule has 194 valence electrons. The first-order valence-corrected chi connectivity index (χ1v) is 14.2. The molecule has 0 aromatic rings. The van der Waals surface area contributed by atoms with Crippen molar-refractivity contribution in [3.05, 3.63) is 0 Å². The Morgan fingerprint density at radius 2 is 1.61 bits per heavy atom. The Bertz CT molecular complexity index is 828. The number of carbonyl (C=O) groups excluding carboxylic acids is 3. The maximum absolute atomic E-state index is 12.6. The van der Waals surface area contributed by atoms with Gasteiger partial charge in [-0.25, -0.2) is 0 Å². The molecule has 0 bridgehead atoms. The van der Waals surface area contributed by atoms with E-state index in [0.717, 1.165) is 0 Å². The van der Waals surface area contributed by atoms with Crippen molar-refractivity contribution in [1.82, 2.24) is 5.32 Å². The molecule has 0 saturated carbocycles. The third-order valence-electron chi connectivity index (χ3n) is 4.04. The molecule has 0 aliphatic carbocycles. The average molecular weight is 537 g/mol. The van der Waals surface area contributed by atoms with E-state index in [4.69, 9.17) is 18.6 Å². The van der Waals surface area contributed by atoms with E-state index in [-0.39, 0.29) is 32.1 Å². The van der Waals surface area contributed by atoms with Crippen LogP contribution in [0.4, 0.5) is 0 Å². The topological polar surface area (TPSA) is 189 Å². The Morgan fingerprint density at radius 3 is 2.09 bits per heavy atom. The van der Waals surface area contributed by atoms with E-state index in [1.807, 2.05) is 0 Å². The second-order valence-electron chi connectivity index (χ2n) is 7.96. The number of hydrogen-bond donors (Lipinski definition) is 2. The van der Waals surface area contributed by atoms with Crippen LogP contribution in [0.2, 0.25) is 0 Å². The van der Waals surface area contributed by atoms with E-state index < -0.39 is 67.7 Å². The van der Waals surface area contributed by atoms with Crippen molar-refractivity contribution in [2.24, 2.45) is 11.3 Å². The molecule has 13 nitrogen and oxygen atoms in total. The zero-order valence-electron chi connectivity index (χ0n) is 19.2. The lowest BCUT2D eigenvalue weighted by molar-refractivity contribution is -0.155. The van der Waals surface area contributed by atoms with Gasteiger partial charge in [0, 0.05) is 18.9 Å². The third kappa shape index (κ3) is 13.9. The highest BCUT2D eigenvalue weighted by Crippen LogP contribution is 2.47. The Balaban J connectivity index is 5.16. The highest BCUT2D eigenvalue weighted by molar-refractivity contribution is 7.86. The van der Waals surface area contributed by atoms with Gasteiger partial charge >= 0.3 is 20.2 Å². The molecule has 0 aromatic heterocycles. The van der Waals surface area contributed by atoms with E-state index in [1.54, 1.807) is 13.8 Å². The van der Waals surface area contributed by atoms with Crippen molar-refractivity contribution in [2.45, 2.75) is 46.7 Å². The molecule has 33 heavy (non-hydrogen) atoms. The summed E-state index contributed by atoms with van der Waals surface area (Å²) in [5.74, 6) is -2.74. The van der Waals surface area contributed by atoms with Gasteiger partial charge in [-0.05, 0) is 6.42 Å². The lowest BCUT2D eigenvalue weighted by Gasteiger charge is -2.31. The standard InChI is InChI=1S/C17H33NO12P2S/c1-12(2)15(20)27-8-9-28-16(21)14(31(22)30-32(23)24)17(4,5)11-29-33(25,26)10-6-7-18-13(3)19/h12,14,31-32H,6-11H2,1-5H3,(H,18,19)(H,23,24)/t14-/m0/s1. The fourth-order valence-corrected chi connectivity index (χ4v) is 5.57. The SMILES string of the molecule is CC(=O)NCCCS(=O)(=O)OCC(C)(C)[C@H](C(=O)OCCOC(=O)C(C)C)[PH](=O)O[PH](=O)O. The lowest BCUT2D eigenvalue weighted by Crippen LogP contribution is -2.40. The van der Waals surface area contributed by atoms with Gasteiger partial charge in [0.2, 0.25) is 13.9 Å². The van der Waals surface area contributed by atoms with Crippen molar-refractivity contribution in [1.29, 1.82) is 0 Å². The molecule has 16 heteroatoms. The van der Waals surface area contributed by atoms with Crippen molar-refractivity contribution in [2.75, 3.05) is 32.1 Å². The van der Waals surface area contributed by atoms with Gasteiger partial charge < -0.3 is 19.7 Å². The van der Waals surface area contributed by atoms with Gasteiger partial charge in [-0.15, -0.1) is 0 Å². The normalized spacial score (nSPS) is 14.9. The molecule has 0 spiro atoms. The Hall–Kier alpha value is -1.30. The number of hydrogen-bond acceptors (Lipinski definition) is 11. The van der Waals surface area contributed by atoms with E-state index in [2.05, 4.69) is 9.63 Å². The van der Waals surface area contributed by atoms with Crippen LogP contribution in [-0.2, 0) is 51.6 Å². The molecule has 0 saturated heterocycles. The second kappa shape index (κ2) is 14.9. The molecule has 2 unspecified atom stereocenters. The summed E-state index contributed by atoms with van der Waals surface area (Å²) in [5, 5.41) is 2.44. The zero-order valence-corrected chi connectivity index (χ0v) is 22.1. The van der Waals surface area contributed by atoms with E-state index in [0.29, 0.717) is 0 Å². The zero-order chi connectivity index (χ0) is 25.8. The van der Waals surface area contributed by atoms with Crippen LogP contribution in [0.1, 0.15) is 41.0 Å². The van der Waals surface area contributed by atoms with Crippen molar-refractivity contribution in [3.8, 4) is 0 Å². The van der Waals surface area contributed by atoms with Gasteiger partial charge in [-0.1, -0.05) is 27.7 Å². The number of amides is 1. The predicted molar refractivity (Wildman–Crippen MR) is 119 cm³/mol. The summed E-state index contributed by atoms with van der Waals surface area (Å²) in [6, 6.07) is 0. The van der Waals surface area contributed by atoms with Gasteiger partial charge in [-0.3, -0.25) is 32.0 Å². The smallest absolute Gasteiger partial charge is 0.322 e. The number of carbonyl (C=O) groups is 3. The second-order valence-corrected chi connectivity index (χ2v) is 12.3.